The molecule has 0 saturated heterocycles. The number of esters is 1. The van der Waals surface area contributed by atoms with E-state index in [4.69, 9.17) is 20.8 Å². The van der Waals surface area contributed by atoms with Gasteiger partial charge in [0.25, 0.3) is 5.91 Å². The summed E-state index contributed by atoms with van der Waals surface area (Å²) in [4.78, 5) is 37.3. The van der Waals surface area contributed by atoms with Crippen LogP contribution in [0.1, 0.15) is 45.0 Å². The molecular formula is C22H18ClNO5. The van der Waals surface area contributed by atoms with E-state index in [-0.39, 0.29) is 23.0 Å². The average molecular weight is 412 g/mol. The molecule has 0 aliphatic heterocycles. The van der Waals surface area contributed by atoms with Crippen molar-refractivity contribution in [2.75, 3.05) is 6.61 Å². The van der Waals surface area contributed by atoms with Gasteiger partial charge in [-0.15, -0.1) is 0 Å². The summed E-state index contributed by atoms with van der Waals surface area (Å²) in [6, 6.07) is 15.7. The molecule has 2 aromatic carbocycles. The maximum Gasteiger partial charge on any atom is 0.339 e. The third-order valence-corrected chi connectivity index (χ3v) is 4.43. The molecule has 0 bridgehead atoms. The number of benzene rings is 2. The summed E-state index contributed by atoms with van der Waals surface area (Å²) in [6.45, 7) is 1.27. The Bertz CT molecular complexity index is 1010. The Morgan fingerprint density at radius 1 is 1.00 bits per heavy atom. The van der Waals surface area contributed by atoms with E-state index in [1.165, 1.54) is 18.4 Å². The number of nitrogens with one attached hydrogen (secondary N) is 1. The van der Waals surface area contributed by atoms with E-state index in [9.17, 15) is 14.4 Å². The summed E-state index contributed by atoms with van der Waals surface area (Å²) in [5.41, 5.74) is 0.656. The van der Waals surface area contributed by atoms with Crippen LogP contribution >= 0.6 is 11.6 Å². The molecular weight excluding hydrogens is 394 g/mol. The van der Waals surface area contributed by atoms with Crippen molar-refractivity contribution in [3.05, 3.63) is 94.4 Å². The number of hydrogen-bond acceptors (Lipinski definition) is 5. The molecule has 0 aliphatic rings. The van der Waals surface area contributed by atoms with E-state index in [2.05, 4.69) is 5.32 Å². The number of amides is 1. The second-order valence-corrected chi connectivity index (χ2v) is 6.70. The van der Waals surface area contributed by atoms with Gasteiger partial charge in [-0.3, -0.25) is 9.59 Å². The molecule has 0 aliphatic carbocycles. The van der Waals surface area contributed by atoms with Crippen molar-refractivity contribution in [2.45, 2.75) is 13.0 Å². The number of rotatable bonds is 7. The van der Waals surface area contributed by atoms with Crippen molar-refractivity contribution >= 4 is 29.3 Å². The number of hydrogen-bond donors (Lipinski definition) is 1. The van der Waals surface area contributed by atoms with E-state index < -0.39 is 18.5 Å². The highest BCUT2D eigenvalue weighted by Gasteiger charge is 2.20. The number of halogens is 1. The zero-order chi connectivity index (χ0) is 20.8. The van der Waals surface area contributed by atoms with Crippen LogP contribution in [-0.4, -0.2) is 24.3 Å². The van der Waals surface area contributed by atoms with Crippen LogP contribution in [0.4, 0.5) is 0 Å². The minimum atomic E-state index is -0.760. The lowest BCUT2D eigenvalue weighted by molar-refractivity contribution is -0.125. The molecule has 1 N–H and O–H groups in total. The molecule has 1 atom stereocenters. The first-order valence-corrected chi connectivity index (χ1v) is 9.22. The predicted octanol–water partition coefficient (Wildman–Crippen LogP) is 4.20. The van der Waals surface area contributed by atoms with Gasteiger partial charge in [-0.05, 0) is 49.4 Å². The molecule has 6 nitrogen and oxygen atoms in total. The van der Waals surface area contributed by atoms with Gasteiger partial charge in [0.15, 0.2) is 12.4 Å². The molecule has 1 aromatic heterocycles. The van der Waals surface area contributed by atoms with Crippen LogP contribution in [0.5, 0.6) is 0 Å². The number of carbonyl (C=O) groups excluding carboxylic acids is 3. The smallest absolute Gasteiger partial charge is 0.339 e. The Kier molecular flexibility index (Phi) is 6.46. The molecule has 1 amide bonds. The Labute approximate surface area is 172 Å². The van der Waals surface area contributed by atoms with Crippen LogP contribution in [0.25, 0.3) is 0 Å². The molecule has 0 radical (unpaired) electrons. The SMILES string of the molecule is C[C@H](NC(=O)COC(=O)c1ccccc1C(=O)c1ccc(Cl)cc1)c1ccco1. The van der Waals surface area contributed by atoms with Gasteiger partial charge in [-0.2, -0.15) is 0 Å². The van der Waals surface area contributed by atoms with Crippen molar-refractivity contribution in [3.63, 3.8) is 0 Å². The summed E-state index contributed by atoms with van der Waals surface area (Å²) in [5.74, 6) is -0.999. The number of ketones is 1. The number of carbonyl (C=O) groups is 3. The van der Waals surface area contributed by atoms with Crippen molar-refractivity contribution in [1.29, 1.82) is 0 Å². The first kappa shape index (κ1) is 20.4. The third-order valence-electron chi connectivity index (χ3n) is 4.18. The van der Waals surface area contributed by atoms with Crippen LogP contribution in [0, 0.1) is 0 Å². The Hall–Kier alpha value is -3.38. The van der Waals surface area contributed by atoms with Gasteiger partial charge in [0, 0.05) is 16.1 Å². The standard InChI is InChI=1S/C22H18ClNO5/c1-14(19-7-4-12-28-19)24-20(25)13-29-22(27)18-6-3-2-5-17(18)21(26)15-8-10-16(23)11-9-15/h2-12,14H,13H2,1H3,(H,24,25)/t14-/m0/s1. The first-order chi connectivity index (χ1) is 14.0. The van der Waals surface area contributed by atoms with Gasteiger partial charge >= 0.3 is 5.97 Å². The summed E-state index contributed by atoms with van der Waals surface area (Å²) < 4.78 is 10.3. The van der Waals surface area contributed by atoms with Gasteiger partial charge in [-0.1, -0.05) is 29.8 Å². The van der Waals surface area contributed by atoms with Crippen molar-refractivity contribution in [3.8, 4) is 0 Å². The zero-order valence-corrected chi connectivity index (χ0v) is 16.3. The fraction of sp³-hybridized carbons (Fsp3) is 0.136. The summed E-state index contributed by atoms with van der Waals surface area (Å²) in [7, 11) is 0. The molecule has 0 fully saturated rings. The second kappa shape index (κ2) is 9.21. The Balaban J connectivity index is 1.66. The summed E-state index contributed by atoms with van der Waals surface area (Å²) in [5, 5.41) is 3.17. The lowest BCUT2D eigenvalue weighted by Gasteiger charge is -2.12. The monoisotopic (exact) mass is 411 g/mol. The molecule has 0 saturated carbocycles. The third kappa shape index (κ3) is 5.12. The topological polar surface area (TPSA) is 85.6 Å². The van der Waals surface area contributed by atoms with E-state index in [0.717, 1.165) is 0 Å². The molecule has 7 heteroatoms. The van der Waals surface area contributed by atoms with Crippen LogP contribution in [-0.2, 0) is 9.53 Å². The maximum atomic E-state index is 12.8. The molecule has 3 rings (SSSR count). The van der Waals surface area contributed by atoms with E-state index >= 15 is 0 Å². The maximum absolute atomic E-state index is 12.8. The average Bonchev–Trinajstić information content (AvgIpc) is 3.27. The van der Waals surface area contributed by atoms with Crippen molar-refractivity contribution < 1.29 is 23.5 Å². The van der Waals surface area contributed by atoms with Gasteiger partial charge < -0.3 is 14.5 Å². The quantitative estimate of drug-likeness (QED) is 0.465. The van der Waals surface area contributed by atoms with Gasteiger partial charge in [0.05, 0.1) is 17.9 Å². The van der Waals surface area contributed by atoms with E-state index in [1.807, 2.05) is 0 Å². The summed E-state index contributed by atoms with van der Waals surface area (Å²) >= 11 is 5.85. The molecule has 1 heterocycles. The van der Waals surface area contributed by atoms with Crippen LogP contribution in [0.15, 0.2) is 71.3 Å². The second-order valence-electron chi connectivity index (χ2n) is 6.26. The van der Waals surface area contributed by atoms with Crippen molar-refractivity contribution in [1.82, 2.24) is 5.32 Å². The molecule has 148 valence electrons. The van der Waals surface area contributed by atoms with Crippen LogP contribution in [0.2, 0.25) is 5.02 Å². The highest BCUT2D eigenvalue weighted by molar-refractivity contribution is 6.30. The number of ether oxygens (including phenoxy) is 1. The van der Waals surface area contributed by atoms with Crippen LogP contribution in [0.3, 0.4) is 0 Å². The van der Waals surface area contributed by atoms with E-state index in [1.54, 1.807) is 55.5 Å². The highest BCUT2D eigenvalue weighted by atomic mass is 35.5. The molecule has 3 aromatic rings. The van der Waals surface area contributed by atoms with Gasteiger partial charge in [0.2, 0.25) is 0 Å². The normalized spacial score (nSPS) is 11.5. The zero-order valence-electron chi connectivity index (χ0n) is 15.6. The number of furan rings is 1. The predicted molar refractivity (Wildman–Crippen MR) is 107 cm³/mol. The molecule has 0 unspecified atom stereocenters. The van der Waals surface area contributed by atoms with Crippen molar-refractivity contribution in [2.24, 2.45) is 0 Å². The highest BCUT2D eigenvalue weighted by Crippen LogP contribution is 2.18. The fourth-order valence-electron chi connectivity index (χ4n) is 2.72. The Morgan fingerprint density at radius 3 is 2.34 bits per heavy atom. The fourth-order valence-corrected chi connectivity index (χ4v) is 2.84. The largest absolute Gasteiger partial charge is 0.467 e. The van der Waals surface area contributed by atoms with E-state index in [0.29, 0.717) is 16.3 Å². The lowest BCUT2D eigenvalue weighted by atomic mass is 9.98. The molecule has 29 heavy (non-hydrogen) atoms. The Morgan fingerprint density at radius 2 is 1.69 bits per heavy atom. The summed E-state index contributed by atoms with van der Waals surface area (Å²) in [6.07, 6.45) is 1.51. The minimum Gasteiger partial charge on any atom is -0.467 e. The first-order valence-electron chi connectivity index (χ1n) is 8.85. The molecule has 0 spiro atoms. The van der Waals surface area contributed by atoms with Crippen LogP contribution < -0.4 is 5.32 Å². The van der Waals surface area contributed by atoms with Gasteiger partial charge in [0.1, 0.15) is 5.76 Å². The van der Waals surface area contributed by atoms with Gasteiger partial charge in [-0.25, -0.2) is 4.79 Å². The minimum absolute atomic E-state index is 0.0827. The lowest BCUT2D eigenvalue weighted by Crippen LogP contribution is -2.31.